The van der Waals surface area contributed by atoms with Crippen molar-refractivity contribution >= 4 is 0 Å². The summed E-state index contributed by atoms with van der Waals surface area (Å²) in [6.07, 6.45) is 6.82. The van der Waals surface area contributed by atoms with Crippen LogP contribution in [0.4, 0.5) is 0 Å². The van der Waals surface area contributed by atoms with Crippen LogP contribution in [0.5, 0.6) is 0 Å². The third kappa shape index (κ3) is 7.67. The largest absolute Gasteiger partial charge is 0.357 e. The van der Waals surface area contributed by atoms with E-state index in [0.717, 1.165) is 34.6 Å². The number of aryl methyl sites for hydroxylation is 4. The van der Waals surface area contributed by atoms with Crippen LogP contribution >= 0.6 is 0 Å². The Balaban J connectivity index is 0.000000189. The summed E-state index contributed by atoms with van der Waals surface area (Å²) < 4.78 is 0. The van der Waals surface area contributed by atoms with E-state index in [1.807, 2.05) is 25.4 Å². The Bertz CT molecular complexity index is 2100. The molecule has 0 atom stereocenters. The van der Waals surface area contributed by atoms with Crippen LogP contribution in [0.25, 0.3) is 44.8 Å². The van der Waals surface area contributed by atoms with E-state index in [1.54, 1.807) is 6.20 Å². The maximum atomic E-state index is 4.69. The molecular formula is C45H45IrN3-2. The van der Waals surface area contributed by atoms with Crippen molar-refractivity contribution in [3.63, 3.8) is 0 Å². The van der Waals surface area contributed by atoms with Crippen LogP contribution in [0.2, 0.25) is 0 Å². The van der Waals surface area contributed by atoms with Crippen molar-refractivity contribution in [1.29, 1.82) is 0 Å². The molecule has 0 unspecified atom stereocenters. The van der Waals surface area contributed by atoms with Crippen LogP contribution in [0.15, 0.2) is 97.5 Å². The van der Waals surface area contributed by atoms with Gasteiger partial charge in [-0.15, -0.1) is 47.0 Å². The van der Waals surface area contributed by atoms with Crippen LogP contribution in [0.1, 0.15) is 73.7 Å². The normalized spacial score (nSPS) is 12.7. The molecule has 3 heterocycles. The summed E-state index contributed by atoms with van der Waals surface area (Å²) in [4.78, 5) is 13.6. The summed E-state index contributed by atoms with van der Waals surface area (Å²) in [6.45, 7) is 19.7. The average molecular weight is 820 g/mol. The molecule has 0 spiro atoms. The van der Waals surface area contributed by atoms with Gasteiger partial charge in [-0.2, -0.15) is 0 Å². The minimum atomic E-state index is 0. The quantitative estimate of drug-likeness (QED) is 0.166. The Hall–Kier alpha value is -4.24. The first-order chi connectivity index (χ1) is 22.8. The Morgan fingerprint density at radius 3 is 2.08 bits per heavy atom. The number of hydrogen-bond donors (Lipinski definition) is 0. The van der Waals surface area contributed by atoms with Crippen molar-refractivity contribution in [2.24, 2.45) is 5.41 Å². The molecule has 251 valence electrons. The molecule has 4 heteroatoms. The van der Waals surface area contributed by atoms with Gasteiger partial charge in [0.15, 0.2) is 0 Å². The van der Waals surface area contributed by atoms with E-state index in [2.05, 4.69) is 155 Å². The second kappa shape index (κ2) is 14.3. The van der Waals surface area contributed by atoms with Crippen LogP contribution in [-0.4, -0.2) is 15.0 Å². The van der Waals surface area contributed by atoms with Gasteiger partial charge in [0, 0.05) is 37.9 Å². The monoisotopic (exact) mass is 820 g/mol. The first-order valence-corrected chi connectivity index (χ1v) is 16.8. The second-order valence-corrected chi connectivity index (χ2v) is 14.9. The van der Waals surface area contributed by atoms with E-state index in [9.17, 15) is 0 Å². The summed E-state index contributed by atoms with van der Waals surface area (Å²) >= 11 is 0. The molecule has 0 fully saturated rings. The zero-order valence-electron chi connectivity index (χ0n) is 30.1. The molecule has 3 aromatic carbocycles. The van der Waals surface area contributed by atoms with Crippen molar-refractivity contribution in [1.82, 2.24) is 15.0 Å². The van der Waals surface area contributed by atoms with Gasteiger partial charge in [0.05, 0.1) is 0 Å². The van der Waals surface area contributed by atoms with E-state index < -0.39 is 0 Å². The summed E-state index contributed by atoms with van der Waals surface area (Å²) in [6, 6.07) is 34.7. The number of benzene rings is 3. The minimum absolute atomic E-state index is 0. The smallest absolute Gasteiger partial charge is 0.0207 e. The van der Waals surface area contributed by atoms with E-state index in [4.69, 9.17) is 0 Å². The molecule has 0 saturated carbocycles. The van der Waals surface area contributed by atoms with E-state index in [0.29, 0.717) is 5.41 Å². The van der Waals surface area contributed by atoms with Gasteiger partial charge in [-0.05, 0) is 81.7 Å². The summed E-state index contributed by atoms with van der Waals surface area (Å²) in [7, 11) is 0. The molecule has 1 aliphatic carbocycles. The van der Waals surface area contributed by atoms with Gasteiger partial charge in [0.1, 0.15) is 0 Å². The molecule has 1 aliphatic rings. The Morgan fingerprint density at radius 1 is 0.673 bits per heavy atom. The molecule has 3 nitrogen and oxygen atoms in total. The maximum Gasteiger partial charge on any atom is 0.0207 e. The molecule has 0 saturated heterocycles. The van der Waals surface area contributed by atoms with E-state index in [-0.39, 0.29) is 25.5 Å². The molecule has 0 aliphatic heterocycles. The summed E-state index contributed by atoms with van der Waals surface area (Å²) in [5.74, 6) is 0. The number of aromatic nitrogens is 3. The molecule has 49 heavy (non-hydrogen) atoms. The Morgan fingerprint density at radius 2 is 1.39 bits per heavy atom. The van der Waals surface area contributed by atoms with Crippen LogP contribution < -0.4 is 0 Å². The standard InChI is InChI=1S/C25H28N.C20H17N2.Ir/c1-17-7-10-22(24-13-18(2)19(3)16-26-24)14-23(17)21-11-8-20(9-12-21)15-25(4,5)6;1-13-14(8-6-10-21-13)19-11-16-15-7-4-5-9-17(15)20(2,3)18(16)12-22-19;/h7-9,11-14,16H,15H2,1-6H3;4-7,9-12H,1-3H3;/q2*-1;. The SMILES string of the molecule is Cc1cnc(-c2[c-]cc(C)c(-c3ccc(CC(C)(C)C)cc3)c2)cc1C.Cc1ncc[c-]c1-c1cc2c(cn1)C(C)(C)c1ccccc1-2.[Ir]. The third-order valence-electron chi connectivity index (χ3n) is 9.46. The van der Waals surface area contributed by atoms with Gasteiger partial charge in [-0.3, -0.25) is 0 Å². The summed E-state index contributed by atoms with van der Waals surface area (Å²) in [5.41, 5.74) is 18.1. The van der Waals surface area contributed by atoms with Gasteiger partial charge in [0.25, 0.3) is 0 Å². The molecule has 7 rings (SSSR count). The van der Waals surface area contributed by atoms with Gasteiger partial charge in [-0.1, -0.05) is 126 Å². The molecule has 1 radical (unpaired) electrons. The van der Waals surface area contributed by atoms with Gasteiger partial charge in [-0.25, -0.2) is 0 Å². The van der Waals surface area contributed by atoms with Gasteiger partial charge < -0.3 is 15.0 Å². The summed E-state index contributed by atoms with van der Waals surface area (Å²) in [5, 5.41) is 0. The number of pyridine rings is 3. The zero-order chi connectivity index (χ0) is 34.2. The van der Waals surface area contributed by atoms with Crippen LogP contribution in [0, 0.1) is 45.2 Å². The molecule has 0 amide bonds. The first-order valence-electron chi connectivity index (χ1n) is 16.8. The minimum Gasteiger partial charge on any atom is -0.357 e. The van der Waals surface area contributed by atoms with Gasteiger partial charge in [0.2, 0.25) is 0 Å². The number of hydrogen-bond acceptors (Lipinski definition) is 3. The topological polar surface area (TPSA) is 38.7 Å². The zero-order valence-corrected chi connectivity index (χ0v) is 32.5. The van der Waals surface area contributed by atoms with Crippen molar-refractivity contribution in [2.45, 2.75) is 74.1 Å². The molecule has 0 N–H and O–H groups in total. The second-order valence-electron chi connectivity index (χ2n) is 14.9. The van der Waals surface area contributed by atoms with Crippen LogP contribution in [0.3, 0.4) is 0 Å². The Labute approximate surface area is 306 Å². The van der Waals surface area contributed by atoms with E-state index in [1.165, 1.54) is 55.6 Å². The fourth-order valence-electron chi connectivity index (χ4n) is 6.63. The maximum absolute atomic E-state index is 4.69. The molecule has 6 aromatic rings. The van der Waals surface area contributed by atoms with E-state index >= 15 is 0 Å². The van der Waals surface area contributed by atoms with Crippen molar-refractivity contribution in [2.75, 3.05) is 0 Å². The Kier molecular flexibility index (Phi) is 10.5. The van der Waals surface area contributed by atoms with Crippen LogP contribution in [-0.2, 0) is 31.9 Å². The van der Waals surface area contributed by atoms with Gasteiger partial charge >= 0.3 is 0 Å². The molecule has 0 bridgehead atoms. The number of fused-ring (bicyclic) bond motifs is 3. The van der Waals surface area contributed by atoms with Crippen molar-refractivity contribution in [3.8, 4) is 44.8 Å². The molecule has 3 aromatic heterocycles. The van der Waals surface area contributed by atoms with Crippen molar-refractivity contribution < 1.29 is 20.1 Å². The fraction of sp³-hybridized carbons (Fsp3) is 0.267. The predicted molar refractivity (Wildman–Crippen MR) is 200 cm³/mol. The molecular weight excluding hydrogens is 775 g/mol. The third-order valence-corrected chi connectivity index (χ3v) is 9.46. The average Bonchev–Trinajstić information content (AvgIpc) is 3.29. The first kappa shape index (κ1) is 36.1. The fourth-order valence-corrected chi connectivity index (χ4v) is 6.63. The number of rotatable bonds is 4. The van der Waals surface area contributed by atoms with Crippen molar-refractivity contribution in [3.05, 3.63) is 149 Å². The predicted octanol–water partition coefficient (Wildman–Crippen LogP) is 11.3. The number of nitrogens with zero attached hydrogens (tertiary/aromatic N) is 3.